The van der Waals surface area contributed by atoms with Gasteiger partial charge in [0.25, 0.3) is 11.8 Å². The fraction of sp³-hybridized carbons (Fsp3) is 0.562. The number of carbonyl (C=O) groups excluding carboxylic acids is 6. The molecule has 12 heteroatoms. The van der Waals surface area contributed by atoms with Crippen molar-refractivity contribution in [2.75, 3.05) is 51.4 Å². The summed E-state index contributed by atoms with van der Waals surface area (Å²) in [5, 5.41) is 5.73. The van der Waals surface area contributed by atoms with Crippen molar-refractivity contribution in [2.45, 2.75) is 58.3 Å². The van der Waals surface area contributed by atoms with E-state index in [4.69, 9.17) is 9.47 Å². The van der Waals surface area contributed by atoms with E-state index in [2.05, 4.69) is 10.6 Å². The van der Waals surface area contributed by atoms with E-state index < -0.39 is 0 Å². The lowest BCUT2D eigenvalue weighted by Crippen LogP contribution is -2.47. The van der Waals surface area contributed by atoms with E-state index in [-0.39, 0.29) is 66.7 Å². The van der Waals surface area contributed by atoms with Gasteiger partial charge in [0, 0.05) is 55.7 Å². The summed E-state index contributed by atoms with van der Waals surface area (Å²) in [5.74, 6) is -0.725. The molecular weight excluding hydrogens is 568 g/mol. The lowest BCUT2D eigenvalue weighted by molar-refractivity contribution is -0.152. The molecule has 1 saturated carbocycles. The third-order valence-electron chi connectivity index (χ3n) is 8.25. The number of benzene rings is 1. The number of nitrogens with zero attached hydrogens (tertiary/aromatic N) is 2. The van der Waals surface area contributed by atoms with Crippen molar-refractivity contribution < 1.29 is 38.2 Å². The average Bonchev–Trinajstić information content (AvgIpc) is 3.24. The Kier molecular flexibility index (Phi) is 12.2. The zero-order valence-electron chi connectivity index (χ0n) is 25.3. The highest BCUT2D eigenvalue weighted by Gasteiger charge is 2.33. The Labute approximate surface area is 257 Å². The number of nitrogens with one attached hydrogen (secondary N) is 2. The molecular formula is C32H42N4O8. The number of hydrogen-bond donors (Lipinski definition) is 2. The van der Waals surface area contributed by atoms with Crippen LogP contribution in [0.4, 0.5) is 5.69 Å². The summed E-state index contributed by atoms with van der Waals surface area (Å²) < 4.78 is 11.0. The molecule has 0 radical (unpaired) electrons. The van der Waals surface area contributed by atoms with Gasteiger partial charge in [0.05, 0.1) is 32.8 Å². The van der Waals surface area contributed by atoms with E-state index in [1.54, 1.807) is 19.1 Å². The van der Waals surface area contributed by atoms with Gasteiger partial charge in [0.15, 0.2) is 0 Å². The van der Waals surface area contributed by atoms with E-state index >= 15 is 0 Å². The van der Waals surface area contributed by atoms with Crippen molar-refractivity contribution in [1.29, 1.82) is 0 Å². The maximum absolute atomic E-state index is 12.5. The smallest absolute Gasteiger partial charge is 0.256 e. The van der Waals surface area contributed by atoms with Crippen molar-refractivity contribution in [1.82, 2.24) is 15.1 Å². The molecule has 6 amide bonds. The summed E-state index contributed by atoms with van der Waals surface area (Å²) >= 11 is 0. The van der Waals surface area contributed by atoms with Crippen LogP contribution < -0.4 is 10.6 Å². The molecule has 12 nitrogen and oxygen atoms in total. The van der Waals surface area contributed by atoms with E-state index in [1.165, 1.54) is 15.9 Å². The number of likely N-dealkylation sites (tertiary alicyclic amines) is 1. The molecule has 2 fully saturated rings. The number of amides is 6. The molecule has 1 saturated heterocycles. The van der Waals surface area contributed by atoms with Crippen molar-refractivity contribution >= 4 is 41.1 Å². The Morgan fingerprint density at radius 1 is 0.909 bits per heavy atom. The van der Waals surface area contributed by atoms with Gasteiger partial charge in [-0.05, 0) is 62.6 Å². The number of rotatable bonds is 16. The number of aryl methyl sites for hydroxylation is 1. The second kappa shape index (κ2) is 16.2. The number of β-lactam (4-membered cyclic amide) rings is 1. The van der Waals surface area contributed by atoms with Crippen LogP contribution in [0.5, 0.6) is 0 Å². The predicted molar refractivity (Wildman–Crippen MR) is 160 cm³/mol. The Morgan fingerprint density at radius 3 is 2.23 bits per heavy atom. The highest BCUT2D eigenvalue weighted by molar-refractivity contribution is 6.15. The molecule has 44 heavy (non-hydrogen) atoms. The number of hydrogen-bond acceptors (Lipinski definition) is 8. The number of carbonyl (C=O) groups is 6. The van der Waals surface area contributed by atoms with E-state index in [1.807, 2.05) is 12.1 Å². The first kappa shape index (κ1) is 33.0. The Hall–Kier alpha value is -3.90. The molecule has 0 unspecified atom stereocenters. The maximum atomic E-state index is 12.5. The van der Waals surface area contributed by atoms with Crippen molar-refractivity contribution in [3.05, 3.63) is 41.5 Å². The molecule has 0 atom stereocenters. The van der Waals surface area contributed by atoms with Gasteiger partial charge >= 0.3 is 0 Å². The van der Waals surface area contributed by atoms with Gasteiger partial charge in [-0.25, -0.2) is 0 Å². The van der Waals surface area contributed by atoms with Gasteiger partial charge in [-0.1, -0.05) is 12.1 Å². The summed E-state index contributed by atoms with van der Waals surface area (Å²) in [7, 11) is 0. The minimum Gasteiger partial charge on any atom is -0.379 e. The summed E-state index contributed by atoms with van der Waals surface area (Å²) in [6, 6.07) is 7.27. The first-order chi connectivity index (χ1) is 21.2. The normalized spacial score (nSPS) is 19.9. The fourth-order valence-corrected chi connectivity index (χ4v) is 5.50. The van der Waals surface area contributed by atoms with Crippen LogP contribution in [0.3, 0.4) is 0 Å². The molecule has 1 aromatic rings. The zero-order valence-corrected chi connectivity index (χ0v) is 25.3. The van der Waals surface area contributed by atoms with Gasteiger partial charge in [0.1, 0.15) is 0 Å². The maximum Gasteiger partial charge on any atom is 0.256 e. The summed E-state index contributed by atoms with van der Waals surface area (Å²) in [5.41, 5.74) is 2.09. The van der Waals surface area contributed by atoms with Gasteiger partial charge < -0.3 is 20.1 Å². The van der Waals surface area contributed by atoms with Crippen molar-refractivity contribution in [3.8, 4) is 0 Å². The minimum absolute atomic E-state index is 0.00438. The summed E-state index contributed by atoms with van der Waals surface area (Å²) in [4.78, 5) is 74.6. The van der Waals surface area contributed by atoms with Crippen LogP contribution in [0.15, 0.2) is 35.9 Å². The molecule has 2 N–H and O–H groups in total. The van der Waals surface area contributed by atoms with Gasteiger partial charge in [-0.3, -0.25) is 38.6 Å². The Morgan fingerprint density at radius 2 is 1.61 bits per heavy atom. The molecule has 4 rings (SSSR count). The second-order valence-corrected chi connectivity index (χ2v) is 11.5. The third kappa shape index (κ3) is 9.55. The molecule has 0 aromatic heterocycles. The molecule has 238 valence electrons. The third-order valence-corrected chi connectivity index (χ3v) is 8.25. The van der Waals surface area contributed by atoms with Crippen molar-refractivity contribution in [3.63, 3.8) is 0 Å². The van der Waals surface area contributed by atoms with Crippen LogP contribution in [0.1, 0.15) is 57.4 Å². The molecule has 2 heterocycles. The first-order valence-electron chi connectivity index (χ1n) is 15.4. The van der Waals surface area contributed by atoms with Crippen LogP contribution in [0.2, 0.25) is 0 Å². The van der Waals surface area contributed by atoms with E-state index in [0.29, 0.717) is 63.6 Å². The second-order valence-electron chi connectivity index (χ2n) is 11.5. The van der Waals surface area contributed by atoms with Crippen LogP contribution in [-0.2, 0) is 44.7 Å². The summed E-state index contributed by atoms with van der Waals surface area (Å²) in [6.45, 7) is 4.27. The molecule has 0 spiro atoms. The largest absolute Gasteiger partial charge is 0.379 e. The molecule has 3 aliphatic rings. The molecule has 1 aromatic carbocycles. The molecule has 2 aliphatic heterocycles. The SMILES string of the molecule is CC1=CC(=O)N(CC2CCC(C(=O)NCCOCCOCCC(=O)Nc3ccc(CCC(=O)N4CCC4=O)cc3)CC2)C1=O. The number of anilines is 1. The monoisotopic (exact) mass is 610 g/mol. The zero-order chi connectivity index (χ0) is 31.5. The number of ether oxygens (including phenoxy) is 2. The first-order valence-corrected chi connectivity index (χ1v) is 15.4. The van der Waals surface area contributed by atoms with Crippen LogP contribution in [-0.4, -0.2) is 91.3 Å². The van der Waals surface area contributed by atoms with Crippen molar-refractivity contribution in [2.24, 2.45) is 11.8 Å². The predicted octanol–water partition coefficient (Wildman–Crippen LogP) is 1.98. The lowest BCUT2D eigenvalue weighted by atomic mass is 9.81. The van der Waals surface area contributed by atoms with E-state index in [9.17, 15) is 28.8 Å². The highest BCUT2D eigenvalue weighted by atomic mass is 16.5. The molecule has 1 aliphatic carbocycles. The van der Waals surface area contributed by atoms with Gasteiger partial charge in [0.2, 0.25) is 23.6 Å². The Bertz CT molecular complexity index is 1250. The standard InChI is InChI=1S/C32H42N4O8/c1-22-20-30(40)36(32(22)42)21-24-2-7-25(8-3-24)31(41)33-14-17-44-19-18-43-16-13-27(37)34-26-9-4-23(5-10-26)6-11-28(38)35-15-12-29(35)39/h4-5,9-10,20,24-25H,2-3,6-8,11-19,21H2,1H3,(H,33,41)(H,34,37). The average molecular weight is 611 g/mol. The summed E-state index contributed by atoms with van der Waals surface area (Å²) in [6.07, 6.45) is 5.91. The minimum atomic E-state index is -0.243. The van der Waals surface area contributed by atoms with E-state index in [0.717, 1.165) is 31.2 Å². The topological polar surface area (TPSA) is 151 Å². The van der Waals surface area contributed by atoms with Crippen LogP contribution in [0.25, 0.3) is 0 Å². The lowest BCUT2D eigenvalue weighted by Gasteiger charge is -2.30. The van der Waals surface area contributed by atoms with Gasteiger partial charge in [-0.15, -0.1) is 0 Å². The quantitative estimate of drug-likeness (QED) is 0.164. The highest BCUT2D eigenvalue weighted by Crippen LogP contribution is 2.30. The Balaban J connectivity index is 0.966. The van der Waals surface area contributed by atoms with Gasteiger partial charge in [-0.2, -0.15) is 0 Å². The number of imide groups is 2. The van der Waals surface area contributed by atoms with Crippen LogP contribution >= 0.6 is 0 Å². The molecule has 0 bridgehead atoms. The van der Waals surface area contributed by atoms with Crippen LogP contribution in [0, 0.1) is 11.8 Å². The fourth-order valence-electron chi connectivity index (χ4n) is 5.50.